The largest absolute Gasteiger partial charge is 0.343 e. The third kappa shape index (κ3) is 1.09. The van der Waals surface area contributed by atoms with Gasteiger partial charge in [-0.15, -0.1) is 0 Å². The Balaban J connectivity index is 2.40. The van der Waals surface area contributed by atoms with Crippen LogP contribution in [0.1, 0.15) is 38.9 Å². The van der Waals surface area contributed by atoms with Crippen LogP contribution in [0, 0.1) is 5.41 Å². The van der Waals surface area contributed by atoms with Crippen LogP contribution in [-0.2, 0) is 5.54 Å². The molecule has 1 fully saturated rings. The number of aromatic nitrogens is 2. The quantitative estimate of drug-likeness (QED) is 0.711. The first-order valence-electron chi connectivity index (χ1n) is 4.62. The summed E-state index contributed by atoms with van der Waals surface area (Å²) in [6.45, 7) is 4.33. The summed E-state index contributed by atoms with van der Waals surface area (Å²) in [5.41, 5.74) is 5.98. The molecule has 0 bridgehead atoms. The molecule has 1 aliphatic carbocycles. The van der Waals surface area contributed by atoms with Crippen molar-refractivity contribution in [2.75, 3.05) is 0 Å². The molecule has 4 nitrogen and oxygen atoms in total. The Morgan fingerprint density at radius 1 is 1.46 bits per heavy atom. The first-order valence-corrected chi connectivity index (χ1v) is 4.62. The van der Waals surface area contributed by atoms with Gasteiger partial charge in [0.2, 0.25) is 6.39 Å². The van der Waals surface area contributed by atoms with Crippen LogP contribution < -0.4 is 5.73 Å². The molecular weight excluding hydrogens is 166 g/mol. The molecule has 13 heavy (non-hydrogen) atoms. The van der Waals surface area contributed by atoms with Gasteiger partial charge in [0.15, 0.2) is 5.82 Å². The lowest BCUT2D eigenvalue weighted by molar-refractivity contribution is 0.193. The van der Waals surface area contributed by atoms with E-state index in [9.17, 15) is 0 Å². The summed E-state index contributed by atoms with van der Waals surface area (Å²) in [5, 5.41) is 3.85. The summed E-state index contributed by atoms with van der Waals surface area (Å²) in [5.74, 6) is 0.648. The van der Waals surface area contributed by atoms with Crippen LogP contribution in [0.2, 0.25) is 0 Å². The molecule has 1 saturated carbocycles. The Kier molecular flexibility index (Phi) is 1.70. The van der Waals surface area contributed by atoms with Gasteiger partial charge >= 0.3 is 0 Å². The Hall–Kier alpha value is -0.900. The Morgan fingerprint density at radius 3 is 2.69 bits per heavy atom. The van der Waals surface area contributed by atoms with Gasteiger partial charge in [0.25, 0.3) is 0 Å². The zero-order valence-electron chi connectivity index (χ0n) is 8.08. The van der Waals surface area contributed by atoms with E-state index in [0.717, 1.165) is 19.3 Å². The van der Waals surface area contributed by atoms with E-state index in [-0.39, 0.29) is 5.41 Å². The van der Waals surface area contributed by atoms with Gasteiger partial charge in [0.1, 0.15) is 0 Å². The lowest BCUT2D eigenvalue weighted by atomic mass is 9.75. The zero-order valence-corrected chi connectivity index (χ0v) is 8.08. The third-order valence-corrected chi connectivity index (χ3v) is 3.34. The van der Waals surface area contributed by atoms with Crippen LogP contribution in [0.5, 0.6) is 0 Å². The Morgan fingerprint density at radius 2 is 2.23 bits per heavy atom. The lowest BCUT2D eigenvalue weighted by Crippen LogP contribution is -2.46. The second-order valence-electron chi connectivity index (χ2n) is 4.46. The summed E-state index contributed by atoms with van der Waals surface area (Å²) >= 11 is 0. The average molecular weight is 181 g/mol. The van der Waals surface area contributed by atoms with Crippen LogP contribution in [0.15, 0.2) is 10.9 Å². The van der Waals surface area contributed by atoms with Crippen molar-refractivity contribution in [3.05, 3.63) is 12.2 Å². The molecule has 0 aliphatic heterocycles. The highest BCUT2D eigenvalue weighted by molar-refractivity contribution is 5.12. The maximum atomic E-state index is 6.32. The van der Waals surface area contributed by atoms with Crippen molar-refractivity contribution in [2.24, 2.45) is 11.1 Å². The van der Waals surface area contributed by atoms with Crippen molar-refractivity contribution in [2.45, 2.75) is 38.6 Å². The molecule has 1 unspecified atom stereocenters. The van der Waals surface area contributed by atoms with Crippen LogP contribution >= 0.6 is 0 Å². The van der Waals surface area contributed by atoms with Crippen molar-refractivity contribution in [1.82, 2.24) is 10.1 Å². The molecule has 2 rings (SSSR count). The van der Waals surface area contributed by atoms with Crippen LogP contribution in [0.3, 0.4) is 0 Å². The third-order valence-electron chi connectivity index (χ3n) is 3.34. The molecule has 0 spiro atoms. The predicted octanol–water partition coefficient (Wildman–Crippen LogP) is 1.43. The monoisotopic (exact) mass is 181 g/mol. The predicted molar refractivity (Wildman–Crippen MR) is 47.8 cm³/mol. The average Bonchev–Trinajstić information content (AvgIpc) is 2.61. The molecule has 1 aromatic rings. The number of hydrogen-bond donors (Lipinski definition) is 1. The van der Waals surface area contributed by atoms with Crippen molar-refractivity contribution in [3.63, 3.8) is 0 Å². The van der Waals surface area contributed by atoms with E-state index in [1.807, 2.05) is 0 Å². The highest BCUT2D eigenvalue weighted by Crippen LogP contribution is 2.49. The van der Waals surface area contributed by atoms with E-state index >= 15 is 0 Å². The number of nitrogens with two attached hydrogens (primary N) is 1. The highest BCUT2D eigenvalue weighted by atomic mass is 16.5. The summed E-state index contributed by atoms with van der Waals surface area (Å²) in [6.07, 6.45) is 4.55. The van der Waals surface area contributed by atoms with E-state index in [1.165, 1.54) is 6.39 Å². The number of nitrogens with zero attached hydrogens (tertiary/aromatic N) is 2. The van der Waals surface area contributed by atoms with Crippen molar-refractivity contribution >= 4 is 0 Å². The molecule has 1 atom stereocenters. The molecule has 1 heterocycles. The minimum Gasteiger partial charge on any atom is -0.343 e. The van der Waals surface area contributed by atoms with E-state index in [4.69, 9.17) is 10.3 Å². The molecule has 0 aromatic carbocycles. The molecular formula is C9H15N3O. The first kappa shape index (κ1) is 8.69. The summed E-state index contributed by atoms with van der Waals surface area (Å²) in [4.78, 5) is 4.06. The van der Waals surface area contributed by atoms with Crippen LogP contribution in [-0.4, -0.2) is 10.1 Å². The summed E-state index contributed by atoms with van der Waals surface area (Å²) in [7, 11) is 0. The SMILES string of the molecule is CC1(C)CCCC1(N)c1ncon1. The van der Waals surface area contributed by atoms with Gasteiger partial charge in [-0.1, -0.05) is 25.4 Å². The maximum absolute atomic E-state index is 6.32. The minimum atomic E-state index is -0.403. The smallest absolute Gasteiger partial charge is 0.213 e. The lowest BCUT2D eigenvalue weighted by Gasteiger charge is -2.35. The van der Waals surface area contributed by atoms with Gasteiger partial charge in [-0.3, -0.25) is 0 Å². The van der Waals surface area contributed by atoms with Gasteiger partial charge in [-0.2, -0.15) is 4.98 Å². The molecule has 72 valence electrons. The zero-order chi connectivity index (χ0) is 9.53. The molecule has 0 saturated heterocycles. The number of rotatable bonds is 1. The van der Waals surface area contributed by atoms with Gasteiger partial charge in [-0.25, -0.2) is 0 Å². The summed E-state index contributed by atoms with van der Waals surface area (Å²) < 4.78 is 4.74. The Labute approximate surface area is 77.5 Å². The van der Waals surface area contributed by atoms with E-state index in [0.29, 0.717) is 5.82 Å². The maximum Gasteiger partial charge on any atom is 0.213 e. The fourth-order valence-electron chi connectivity index (χ4n) is 2.15. The molecule has 1 aromatic heterocycles. The van der Waals surface area contributed by atoms with Gasteiger partial charge in [-0.05, 0) is 18.3 Å². The fourth-order valence-corrected chi connectivity index (χ4v) is 2.15. The van der Waals surface area contributed by atoms with Gasteiger partial charge < -0.3 is 10.3 Å². The van der Waals surface area contributed by atoms with Crippen molar-refractivity contribution in [1.29, 1.82) is 0 Å². The van der Waals surface area contributed by atoms with Crippen molar-refractivity contribution < 1.29 is 4.52 Å². The highest BCUT2D eigenvalue weighted by Gasteiger charge is 2.49. The summed E-state index contributed by atoms with van der Waals surface area (Å²) in [6, 6.07) is 0. The standard InChI is InChI=1S/C9H15N3O/c1-8(2)4-3-5-9(8,10)7-11-6-13-12-7/h6H,3-5,10H2,1-2H3. The van der Waals surface area contributed by atoms with Crippen molar-refractivity contribution in [3.8, 4) is 0 Å². The second-order valence-corrected chi connectivity index (χ2v) is 4.46. The molecule has 0 radical (unpaired) electrons. The molecule has 0 amide bonds. The topological polar surface area (TPSA) is 64.9 Å². The molecule has 1 aliphatic rings. The minimum absolute atomic E-state index is 0.0663. The van der Waals surface area contributed by atoms with E-state index < -0.39 is 5.54 Å². The van der Waals surface area contributed by atoms with E-state index in [2.05, 4.69) is 24.0 Å². The first-order chi connectivity index (χ1) is 6.06. The number of hydrogen-bond acceptors (Lipinski definition) is 4. The Bertz CT molecular complexity index is 294. The van der Waals surface area contributed by atoms with E-state index in [1.54, 1.807) is 0 Å². The normalized spacial score (nSPS) is 32.2. The fraction of sp³-hybridized carbons (Fsp3) is 0.778. The van der Waals surface area contributed by atoms with Gasteiger partial charge in [0, 0.05) is 0 Å². The van der Waals surface area contributed by atoms with Crippen LogP contribution in [0.4, 0.5) is 0 Å². The van der Waals surface area contributed by atoms with Crippen LogP contribution in [0.25, 0.3) is 0 Å². The molecule has 2 N–H and O–H groups in total. The second kappa shape index (κ2) is 2.54. The molecule has 4 heteroatoms. The van der Waals surface area contributed by atoms with Gasteiger partial charge in [0.05, 0.1) is 5.54 Å².